The van der Waals surface area contributed by atoms with Crippen molar-refractivity contribution in [3.63, 3.8) is 0 Å². The zero-order valence-electron chi connectivity index (χ0n) is 10.2. The van der Waals surface area contributed by atoms with Crippen molar-refractivity contribution in [1.82, 2.24) is 9.97 Å². The van der Waals surface area contributed by atoms with Crippen LogP contribution in [0.5, 0.6) is 0 Å². The highest BCUT2D eigenvalue weighted by Crippen LogP contribution is 2.23. The molecule has 0 saturated heterocycles. The number of aromatic amines is 1. The molecular weight excluding hydrogens is 254 g/mol. The van der Waals surface area contributed by atoms with E-state index in [1.165, 1.54) is 31.4 Å². The molecule has 0 radical (unpaired) electrons. The Bertz CT molecular complexity index is 626. The molecule has 1 aromatic carbocycles. The monoisotopic (exact) mass is 266 g/mol. The standard InChI is InChI=1S/C13H12F2N2O2/c1-19-7-10-6-11(18)17-13(16-10)9-4-2-3-8(5-9)12(14)15/h2-6,12H,7H2,1H3,(H,16,17,18). The van der Waals surface area contributed by atoms with Gasteiger partial charge in [-0.15, -0.1) is 0 Å². The van der Waals surface area contributed by atoms with Crippen molar-refractivity contribution in [3.8, 4) is 11.4 Å². The van der Waals surface area contributed by atoms with Gasteiger partial charge in [0.05, 0.1) is 12.3 Å². The van der Waals surface area contributed by atoms with Crippen molar-refractivity contribution in [2.75, 3.05) is 7.11 Å². The summed E-state index contributed by atoms with van der Waals surface area (Å²) < 4.78 is 30.2. The maximum atomic E-state index is 12.6. The predicted octanol–water partition coefficient (Wildman–Crippen LogP) is 2.52. The number of rotatable bonds is 4. The lowest BCUT2D eigenvalue weighted by atomic mass is 10.1. The predicted molar refractivity (Wildman–Crippen MR) is 66.0 cm³/mol. The quantitative estimate of drug-likeness (QED) is 0.925. The zero-order chi connectivity index (χ0) is 13.8. The van der Waals surface area contributed by atoms with Gasteiger partial charge in [0, 0.05) is 24.3 Å². The molecule has 6 heteroatoms. The number of halogens is 2. The Labute approximate surface area is 108 Å². The first kappa shape index (κ1) is 13.4. The minimum absolute atomic E-state index is 0.114. The van der Waals surface area contributed by atoms with E-state index in [2.05, 4.69) is 9.97 Å². The van der Waals surface area contributed by atoms with Crippen molar-refractivity contribution < 1.29 is 13.5 Å². The molecule has 0 atom stereocenters. The molecule has 0 fully saturated rings. The summed E-state index contributed by atoms with van der Waals surface area (Å²) in [6.45, 7) is 0.186. The van der Waals surface area contributed by atoms with Crippen LogP contribution in [-0.2, 0) is 11.3 Å². The first-order valence-corrected chi connectivity index (χ1v) is 5.58. The first-order valence-electron chi connectivity index (χ1n) is 5.58. The van der Waals surface area contributed by atoms with E-state index in [0.29, 0.717) is 11.3 Å². The highest BCUT2D eigenvalue weighted by Gasteiger charge is 2.10. The van der Waals surface area contributed by atoms with E-state index in [4.69, 9.17) is 4.74 Å². The molecule has 4 nitrogen and oxygen atoms in total. The second kappa shape index (κ2) is 5.71. The van der Waals surface area contributed by atoms with Gasteiger partial charge in [0.1, 0.15) is 5.82 Å². The molecule has 0 spiro atoms. The maximum Gasteiger partial charge on any atom is 0.263 e. The van der Waals surface area contributed by atoms with Gasteiger partial charge in [-0.25, -0.2) is 13.8 Å². The second-order valence-electron chi connectivity index (χ2n) is 3.94. The fourth-order valence-electron chi connectivity index (χ4n) is 1.69. The van der Waals surface area contributed by atoms with Gasteiger partial charge < -0.3 is 9.72 Å². The lowest BCUT2D eigenvalue weighted by molar-refractivity contribution is 0.151. The number of alkyl halides is 2. The van der Waals surface area contributed by atoms with Crippen LogP contribution in [0.1, 0.15) is 17.7 Å². The summed E-state index contributed by atoms with van der Waals surface area (Å²) in [5, 5.41) is 0. The molecule has 1 N–H and O–H groups in total. The van der Waals surface area contributed by atoms with E-state index in [1.54, 1.807) is 6.07 Å². The molecule has 1 aromatic heterocycles. The molecule has 100 valence electrons. The molecule has 0 bridgehead atoms. The van der Waals surface area contributed by atoms with E-state index in [0.717, 1.165) is 0 Å². The molecule has 0 unspecified atom stereocenters. The third-order valence-electron chi connectivity index (χ3n) is 2.50. The van der Waals surface area contributed by atoms with Crippen molar-refractivity contribution in [3.05, 3.63) is 51.9 Å². The summed E-state index contributed by atoms with van der Waals surface area (Å²) in [5.41, 5.74) is 0.424. The van der Waals surface area contributed by atoms with Gasteiger partial charge in [0.15, 0.2) is 0 Å². The van der Waals surface area contributed by atoms with Gasteiger partial charge in [0.25, 0.3) is 12.0 Å². The average molecular weight is 266 g/mol. The van der Waals surface area contributed by atoms with Crippen LogP contribution in [0.25, 0.3) is 11.4 Å². The fourth-order valence-corrected chi connectivity index (χ4v) is 1.69. The summed E-state index contributed by atoms with van der Waals surface area (Å²) in [7, 11) is 1.49. The zero-order valence-corrected chi connectivity index (χ0v) is 10.2. The van der Waals surface area contributed by atoms with Gasteiger partial charge in [0.2, 0.25) is 0 Å². The Morgan fingerprint density at radius 2 is 2.16 bits per heavy atom. The van der Waals surface area contributed by atoms with Crippen molar-refractivity contribution in [2.45, 2.75) is 13.0 Å². The highest BCUT2D eigenvalue weighted by atomic mass is 19.3. The Morgan fingerprint density at radius 1 is 1.37 bits per heavy atom. The number of methoxy groups -OCH3 is 1. The minimum Gasteiger partial charge on any atom is -0.378 e. The fraction of sp³-hybridized carbons (Fsp3) is 0.231. The molecule has 0 aliphatic rings. The van der Waals surface area contributed by atoms with Crippen molar-refractivity contribution in [1.29, 1.82) is 0 Å². The Kier molecular flexibility index (Phi) is 4.01. The van der Waals surface area contributed by atoms with E-state index >= 15 is 0 Å². The number of ether oxygens (including phenoxy) is 1. The van der Waals surface area contributed by atoms with Crippen LogP contribution >= 0.6 is 0 Å². The van der Waals surface area contributed by atoms with Crippen molar-refractivity contribution >= 4 is 0 Å². The highest BCUT2D eigenvalue weighted by molar-refractivity contribution is 5.56. The minimum atomic E-state index is -2.56. The summed E-state index contributed by atoms with van der Waals surface area (Å²) in [6.07, 6.45) is -2.56. The normalized spacial score (nSPS) is 10.9. The molecule has 0 aliphatic heterocycles. The van der Waals surface area contributed by atoms with E-state index in [1.807, 2.05) is 0 Å². The molecule has 19 heavy (non-hydrogen) atoms. The topological polar surface area (TPSA) is 55.0 Å². The van der Waals surface area contributed by atoms with E-state index in [-0.39, 0.29) is 23.6 Å². The summed E-state index contributed by atoms with van der Waals surface area (Å²) >= 11 is 0. The van der Waals surface area contributed by atoms with Crippen LogP contribution < -0.4 is 5.56 Å². The molecular formula is C13H12F2N2O2. The number of hydrogen-bond acceptors (Lipinski definition) is 3. The molecule has 2 rings (SSSR count). The number of nitrogens with zero attached hydrogens (tertiary/aromatic N) is 1. The molecule has 0 amide bonds. The van der Waals surface area contributed by atoms with Crippen LogP contribution in [0.3, 0.4) is 0 Å². The van der Waals surface area contributed by atoms with E-state index in [9.17, 15) is 13.6 Å². The molecule has 0 saturated carbocycles. The largest absolute Gasteiger partial charge is 0.378 e. The van der Waals surface area contributed by atoms with Crippen LogP contribution in [0.4, 0.5) is 8.78 Å². The number of nitrogens with one attached hydrogen (secondary N) is 1. The van der Waals surface area contributed by atoms with Crippen LogP contribution in [0.2, 0.25) is 0 Å². The second-order valence-corrected chi connectivity index (χ2v) is 3.94. The summed E-state index contributed by atoms with van der Waals surface area (Å²) in [4.78, 5) is 18.2. The average Bonchev–Trinajstić information content (AvgIpc) is 2.38. The van der Waals surface area contributed by atoms with Gasteiger partial charge in [-0.05, 0) is 6.07 Å². The van der Waals surface area contributed by atoms with Gasteiger partial charge in [-0.3, -0.25) is 4.79 Å². The SMILES string of the molecule is COCc1cc(=O)[nH]c(-c2cccc(C(F)F)c2)n1. The van der Waals surface area contributed by atoms with Crippen LogP contribution in [0, 0.1) is 0 Å². The number of benzene rings is 1. The van der Waals surface area contributed by atoms with Gasteiger partial charge >= 0.3 is 0 Å². The Morgan fingerprint density at radius 3 is 2.84 bits per heavy atom. The Hall–Kier alpha value is -2.08. The van der Waals surface area contributed by atoms with Gasteiger partial charge in [-0.1, -0.05) is 18.2 Å². The first-order chi connectivity index (χ1) is 9.10. The third-order valence-corrected chi connectivity index (χ3v) is 2.50. The molecule has 1 heterocycles. The van der Waals surface area contributed by atoms with Crippen LogP contribution in [0.15, 0.2) is 35.1 Å². The molecule has 0 aliphatic carbocycles. The third kappa shape index (κ3) is 3.23. The Balaban J connectivity index is 2.46. The van der Waals surface area contributed by atoms with Gasteiger partial charge in [-0.2, -0.15) is 0 Å². The summed E-state index contributed by atoms with van der Waals surface area (Å²) in [5.74, 6) is 0.252. The maximum absolute atomic E-state index is 12.6. The lowest BCUT2D eigenvalue weighted by Crippen LogP contribution is -2.11. The number of H-pyrrole nitrogens is 1. The number of aromatic nitrogens is 2. The lowest BCUT2D eigenvalue weighted by Gasteiger charge is -2.06. The molecule has 2 aromatic rings. The summed E-state index contributed by atoms with van der Waals surface area (Å²) in [6, 6.07) is 7.05. The number of hydrogen-bond donors (Lipinski definition) is 1. The van der Waals surface area contributed by atoms with E-state index < -0.39 is 6.43 Å². The van der Waals surface area contributed by atoms with Crippen molar-refractivity contribution in [2.24, 2.45) is 0 Å². The van der Waals surface area contributed by atoms with Crippen LogP contribution in [-0.4, -0.2) is 17.1 Å². The smallest absolute Gasteiger partial charge is 0.263 e.